The van der Waals surface area contributed by atoms with Gasteiger partial charge in [-0.3, -0.25) is 4.79 Å². The molecule has 0 spiro atoms. The number of aryl methyl sites for hydroxylation is 2. The lowest BCUT2D eigenvalue weighted by molar-refractivity contribution is -0.116. The van der Waals surface area contributed by atoms with Gasteiger partial charge in [-0.05, 0) is 56.7 Å². The highest BCUT2D eigenvalue weighted by Crippen LogP contribution is 2.48. The first-order chi connectivity index (χ1) is 17.4. The van der Waals surface area contributed by atoms with Crippen molar-refractivity contribution in [3.63, 3.8) is 0 Å². The van der Waals surface area contributed by atoms with Crippen LogP contribution in [0.1, 0.15) is 42.0 Å². The van der Waals surface area contributed by atoms with E-state index in [-0.39, 0.29) is 17.2 Å². The molecule has 0 fully saturated rings. The smallest absolute Gasteiger partial charge is 0.227 e. The van der Waals surface area contributed by atoms with Crippen LogP contribution in [0, 0.1) is 25.2 Å². The van der Waals surface area contributed by atoms with Crippen molar-refractivity contribution in [3.05, 3.63) is 88.1 Å². The third kappa shape index (κ3) is 3.99. The summed E-state index contributed by atoms with van der Waals surface area (Å²) in [7, 11) is 1.60. The van der Waals surface area contributed by atoms with Gasteiger partial charge in [0, 0.05) is 18.4 Å². The van der Waals surface area contributed by atoms with Crippen LogP contribution in [0.3, 0.4) is 0 Å². The first-order valence-electron chi connectivity index (χ1n) is 11.7. The molecule has 1 atom stereocenters. The largest absolute Gasteiger partial charge is 0.497 e. The summed E-state index contributed by atoms with van der Waals surface area (Å²) in [5.74, 6) is 1.38. The average Bonchev–Trinajstić information content (AvgIpc) is 3.19. The van der Waals surface area contributed by atoms with Crippen molar-refractivity contribution in [1.29, 1.82) is 5.26 Å². The minimum atomic E-state index is -0.737. The van der Waals surface area contributed by atoms with Gasteiger partial charge in [-0.2, -0.15) is 10.4 Å². The quantitative estimate of drug-likeness (QED) is 0.538. The Morgan fingerprint density at radius 2 is 1.78 bits per heavy atom. The lowest BCUT2D eigenvalue weighted by atomic mass is 9.77. The van der Waals surface area contributed by atoms with Crippen molar-refractivity contribution < 1.29 is 19.0 Å². The van der Waals surface area contributed by atoms with Crippen LogP contribution in [-0.2, 0) is 9.53 Å². The number of hydrogen-bond donors (Lipinski definition) is 1. The zero-order valence-electron chi connectivity index (χ0n) is 20.4. The summed E-state index contributed by atoms with van der Waals surface area (Å²) >= 11 is 0. The summed E-state index contributed by atoms with van der Waals surface area (Å²) < 4.78 is 19.2. The van der Waals surface area contributed by atoms with E-state index in [1.807, 2.05) is 38.1 Å². The van der Waals surface area contributed by atoms with E-state index in [2.05, 4.69) is 6.07 Å². The van der Waals surface area contributed by atoms with Crippen molar-refractivity contribution in [3.8, 4) is 29.1 Å². The maximum atomic E-state index is 13.2. The number of nitrogens with two attached hydrogens (primary N) is 1. The molecule has 3 aromatic rings. The molecule has 2 aromatic carbocycles. The second kappa shape index (κ2) is 9.27. The number of benzene rings is 2. The molecular formula is C28H26N4O4. The van der Waals surface area contributed by atoms with Crippen molar-refractivity contribution >= 4 is 5.78 Å². The van der Waals surface area contributed by atoms with Crippen LogP contribution < -0.4 is 15.2 Å². The van der Waals surface area contributed by atoms with E-state index >= 15 is 0 Å². The highest BCUT2D eigenvalue weighted by atomic mass is 16.5. The SMILES string of the molecule is COc1ccc(Oc2c(C3C(C#N)=C(N)OC4=C3C(=O)CCC4)c(C)nn2-c2ccc(C)cc2)cc1. The number of hydrogen-bond acceptors (Lipinski definition) is 7. The number of nitrogens with zero attached hydrogens (tertiary/aromatic N) is 3. The van der Waals surface area contributed by atoms with Gasteiger partial charge in [-0.25, -0.2) is 4.68 Å². The molecule has 0 radical (unpaired) electrons. The van der Waals surface area contributed by atoms with Gasteiger partial charge < -0.3 is 19.9 Å². The van der Waals surface area contributed by atoms with Crippen LogP contribution in [0.4, 0.5) is 0 Å². The number of Topliss-reactive ketones (excluding diaryl/α,β-unsaturated/α-hetero) is 1. The summed E-state index contributed by atoms with van der Waals surface area (Å²) in [6.45, 7) is 3.85. The van der Waals surface area contributed by atoms with Gasteiger partial charge in [-0.1, -0.05) is 17.7 Å². The Morgan fingerprint density at radius 3 is 2.44 bits per heavy atom. The molecule has 2 heterocycles. The van der Waals surface area contributed by atoms with Gasteiger partial charge in [0.25, 0.3) is 0 Å². The molecule has 182 valence electrons. The number of aromatic nitrogens is 2. The molecule has 0 saturated carbocycles. The highest BCUT2D eigenvalue weighted by Gasteiger charge is 2.42. The summed E-state index contributed by atoms with van der Waals surface area (Å²) in [6.07, 6.45) is 1.64. The number of methoxy groups -OCH3 is 1. The van der Waals surface area contributed by atoms with Gasteiger partial charge in [0.1, 0.15) is 28.9 Å². The van der Waals surface area contributed by atoms with E-state index in [0.717, 1.165) is 11.3 Å². The second-order valence-electron chi connectivity index (χ2n) is 8.87. The summed E-state index contributed by atoms with van der Waals surface area (Å²) in [5, 5.41) is 14.9. The number of allylic oxidation sites excluding steroid dienone is 3. The van der Waals surface area contributed by atoms with Crippen LogP contribution in [0.5, 0.6) is 17.4 Å². The van der Waals surface area contributed by atoms with Gasteiger partial charge in [-0.15, -0.1) is 0 Å². The third-order valence-corrected chi connectivity index (χ3v) is 6.51. The summed E-state index contributed by atoms with van der Waals surface area (Å²) in [5.41, 5.74) is 9.95. The molecule has 0 bridgehead atoms. The number of nitriles is 1. The molecular weight excluding hydrogens is 456 g/mol. The van der Waals surface area contributed by atoms with Crippen LogP contribution >= 0.6 is 0 Å². The fraction of sp³-hybridized carbons (Fsp3) is 0.250. The molecule has 0 saturated heterocycles. The first-order valence-corrected chi connectivity index (χ1v) is 11.7. The lowest BCUT2D eigenvalue weighted by Crippen LogP contribution is -2.27. The maximum absolute atomic E-state index is 13.2. The Balaban J connectivity index is 1.74. The van der Waals surface area contributed by atoms with Crippen LogP contribution in [0.15, 0.2) is 71.3 Å². The van der Waals surface area contributed by atoms with Crippen molar-refractivity contribution in [2.75, 3.05) is 7.11 Å². The lowest BCUT2D eigenvalue weighted by Gasteiger charge is -2.31. The normalized spacial score (nSPS) is 17.4. The Kier molecular flexibility index (Phi) is 5.98. The highest BCUT2D eigenvalue weighted by molar-refractivity contribution is 5.99. The fourth-order valence-electron chi connectivity index (χ4n) is 4.71. The van der Waals surface area contributed by atoms with E-state index in [4.69, 9.17) is 25.0 Å². The minimum absolute atomic E-state index is 0.00818. The van der Waals surface area contributed by atoms with Gasteiger partial charge in [0.15, 0.2) is 5.78 Å². The predicted molar refractivity (Wildman–Crippen MR) is 133 cm³/mol. The van der Waals surface area contributed by atoms with Crippen LogP contribution in [-0.4, -0.2) is 22.7 Å². The standard InChI is InChI=1S/C28H26N4O4/c1-16-7-9-18(10-8-16)32-28(35-20-13-11-19(34-3)12-14-20)24(17(2)31-32)25-21(15-29)27(30)36-23-6-4-5-22(33)26(23)25/h7-14,25H,4-6,30H2,1-3H3. The van der Waals surface area contributed by atoms with Gasteiger partial charge in [0.2, 0.25) is 11.8 Å². The Labute approximate surface area is 209 Å². The topological polar surface area (TPSA) is 112 Å². The third-order valence-electron chi connectivity index (χ3n) is 6.51. The number of ketones is 1. The molecule has 1 unspecified atom stereocenters. The number of carbonyl (C=O) groups is 1. The fourth-order valence-corrected chi connectivity index (χ4v) is 4.71. The first kappa shape index (κ1) is 23.2. The number of rotatable bonds is 5. The van der Waals surface area contributed by atoms with Crippen molar-refractivity contribution in [1.82, 2.24) is 9.78 Å². The van der Waals surface area contributed by atoms with E-state index in [9.17, 15) is 10.1 Å². The molecule has 5 rings (SSSR count). The van der Waals surface area contributed by atoms with Gasteiger partial charge in [0.05, 0.1) is 30.0 Å². The zero-order valence-corrected chi connectivity index (χ0v) is 20.4. The Bertz CT molecular complexity index is 1440. The second-order valence-corrected chi connectivity index (χ2v) is 8.87. The molecule has 0 amide bonds. The van der Waals surface area contributed by atoms with Crippen LogP contribution in [0.25, 0.3) is 5.69 Å². The summed E-state index contributed by atoms with van der Waals surface area (Å²) in [6, 6.07) is 17.2. The monoisotopic (exact) mass is 482 g/mol. The molecule has 1 aliphatic heterocycles. The molecule has 1 aliphatic carbocycles. The average molecular weight is 483 g/mol. The number of carbonyl (C=O) groups excluding carboxylic acids is 1. The van der Waals surface area contributed by atoms with Crippen molar-refractivity contribution in [2.24, 2.45) is 5.73 Å². The molecule has 36 heavy (non-hydrogen) atoms. The zero-order chi connectivity index (χ0) is 25.4. The Hall–Kier alpha value is -4.51. The number of ether oxygens (including phenoxy) is 3. The van der Waals surface area contributed by atoms with E-state index in [0.29, 0.717) is 59.2 Å². The molecule has 1 aromatic heterocycles. The predicted octanol–water partition coefficient (Wildman–Crippen LogP) is 5.10. The van der Waals surface area contributed by atoms with Gasteiger partial charge >= 0.3 is 0 Å². The van der Waals surface area contributed by atoms with Crippen LogP contribution in [0.2, 0.25) is 0 Å². The molecule has 2 aliphatic rings. The molecule has 2 N–H and O–H groups in total. The van der Waals surface area contributed by atoms with E-state index in [1.54, 1.807) is 36.1 Å². The van der Waals surface area contributed by atoms with E-state index < -0.39 is 5.92 Å². The summed E-state index contributed by atoms with van der Waals surface area (Å²) in [4.78, 5) is 13.2. The van der Waals surface area contributed by atoms with E-state index in [1.165, 1.54) is 0 Å². The Morgan fingerprint density at radius 1 is 1.08 bits per heavy atom. The maximum Gasteiger partial charge on any atom is 0.227 e. The molecule has 8 heteroatoms. The molecule has 8 nitrogen and oxygen atoms in total. The van der Waals surface area contributed by atoms with Crippen molar-refractivity contribution in [2.45, 2.75) is 39.0 Å². The minimum Gasteiger partial charge on any atom is -0.497 e.